The summed E-state index contributed by atoms with van der Waals surface area (Å²) in [6.07, 6.45) is -0.192. The Hall–Kier alpha value is -2.88. The first-order chi connectivity index (χ1) is 13.4. The van der Waals surface area contributed by atoms with Crippen LogP contribution < -0.4 is 10.1 Å². The summed E-state index contributed by atoms with van der Waals surface area (Å²) in [7, 11) is 0. The lowest BCUT2D eigenvalue weighted by atomic mass is 10.2. The molecule has 1 saturated heterocycles. The zero-order chi connectivity index (χ0) is 20.0. The van der Waals surface area contributed by atoms with E-state index in [1.165, 1.54) is 30.6 Å². The molecule has 0 bridgehead atoms. The van der Waals surface area contributed by atoms with Crippen LogP contribution in [0.2, 0.25) is 0 Å². The molecule has 152 valence electrons. The van der Waals surface area contributed by atoms with E-state index in [9.17, 15) is 18.0 Å². The molecule has 10 heteroatoms. The molecule has 0 saturated carbocycles. The maximum atomic E-state index is 12.4. The number of nitrogens with one attached hydrogen (secondary N) is 1. The molecule has 0 radical (unpaired) electrons. The molecule has 3 rings (SSSR count). The van der Waals surface area contributed by atoms with Crippen LogP contribution in [-0.4, -0.2) is 47.0 Å². The Morgan fingerprint density at radius 2 is 2.14 bits per heavy atom. The molecule has 1 N–H and O–H groups in total. The predicted octanol–water partition coefficient (Wildman–Crippen LogP) is 3.44. The first kappa shape index (κ1) is 19.9. The number of anilines is 1. The van der Waals surface area contributed by atoms with E-state index < -0.39 is 6.36 Å². The van der Waals surface area contributed by atoms with Gasteiger partial charge in [0.15, 0.2) is 0 Å². The van der Waals surface area contributed by atoms with Gasteiger partial charge in [-0.1, -0.05) is 12.1 Å². The Morgan fingerprint density at radius 1 is 1.29 bits per heavy atom. The van der Waals surface area contributed by atoms with Crippen LogP contribution in [0.1, 0.15) is 30.3 Å². The van der Waals surface area contributed by atoms with Crippen molar-refractivity contribution in [2.24, 2.45) is 0 Å². The summed E-state index contributed by atoms with van der Waals surface area (Å²) in [5, 5.41) is 2.95. The van der Waals surface area contributed by atoms with Gasteiger partial charge in [-0.3, -0.25) is 4.79 Å². The standard InChI is InChI=1S/C18H19F3N4O3.H2/c19-18(20,21)28-14-5-3-4-13(8-14)9-23-16-11-22-15(10-24-16)17(26)25-6-1-2-7-27-12-25;/h3-5,8,10-11H,1-2,6-7,9,12H2,(H,23,24);1H. The van der Waals surface area contributed by atoms with Gasteiger partial charge in [-0.2, -0.15) is 0 Å². The minimum absolute atomic E-state index is 0. The molecule has 2 aromatic rings. The van der Waals surface area contributed by atoms with E-state index >= 15 is 0 Å². The molecule has 28 heavy (non-hydrogen) atoms. The zero-order valence-electron chi connectivity index (χ0n) is 14.9. The first-order valence-corrected chi connectivity index (χ1v) is 8.68. The van der Waals surface area contributed by atoms with Crippen molar-refractivity contribution in [2.45, 2.75) is 25.7 Å². The average Bonchev–Trinajstić information content (AvgIpc) is 2.95. The minimum Gasteiger partial charge on any atom is -0.406 e. The topological polar surface area (TPSA) is 76.6 Å². The zero-order valence-corrected chi connectivity index (χ0v) is 14.9. The summed E-state index contributed by atoms with van der Waals surface area (Å²) in [6, 6.07) is 5.63. The van der Waals surface area contributed by atoms with Crippen molar-refractivity contribution in [1.82, 2.24) is 14.9 Å². The molecule has 1 aromatic heterocycles. The van der Waals surface area contributed by atoms with Gasteiger partial charge in [0.2, 0.25) is 0 Å². The fraction of sp³-hybridized carbons (Fsp3) is 0.389. The minimum atomic E-state index is -4.74. The number of benzene rings is 1. The average molecular weight is 398 g/mol. The van der Waals surface area contributed by atoms with E-state index in [-0.39, 0.29) is 32.1 Å². The second kappa shape index (κ2) is 8.87. The number of hydrogen-bond acceptors (Lipinski definition) is 6. The van der Waals surface area contributed by atoms with Crippen molar-refractivity contribution in [3.8, 4) is 5.75 Å². The molecule has 2 heterocycles. The highest BCUT2D eigenvalue weighted by Gasteiger charge is 2.31. The highest BCUT2D eigenvalue weighted by molar-refractivity contribution is 5.92. The number of carbonyl (C=O) groups is 1. The number of halogens is 3. The highest BCUT2D eigenvalue weighted by atomic mass is 19.4. The van der Waals surface area contributed by atoms with E-state index in [1.807, 2.05) is 0 Å². The number of nitrogens with zero attached hydrogens (tertiary/aromatic N) is 3. The third-order valence-electron chi connectivity index (χ3n) is 3.98. The molecule has 1 aromatic carbocycles. The maximum Gasteiger partial charge on any atom is 0.573 e. The van der Waals surface area contributed by atoms with Gasteiger partial charge in [0.25, 0.3) is 5.91 Å². The number of amides is 1. The van der Waals surface area contributed by atoms with Crippen molar-refractivity contribution in [2.75, 3.05) is 25.2 Å². The lowest BCUT2D eigenvalue weighted by Gasteiger charge is -2.18. The van der Waals surface area contributed by atoms with Gasteiger partial charge in [0, 0.05) is 21.1 Å². The summed E-state index contributed by atoms with van der Waals surface area (Å²) in [4.78, 5) is 22.3. The normalized spacial score (nSPS) is 15.0. The summed E-state index contributed by atoms with van der Waals surface area (Å²) in [6.45, 7) is 1.69. The fourth-order valence-corrected chi connectivity index (χ4v) is 2.64. The highest BCUT2D eigenvalue weighted by Crippen LogP contribution is 2.23. The molecule has 1 aliphatic rings. The Kier molecular flexibility index (Phi) is 6.30. The smallest absolute Gasteiger partial charge is 0.406 e. The van der Waals surface area contributed by atoms with Crippen LogP contribution in [0.5, 0.6) is 5.75 Å². The maximum absolute atomic E-state index is 12.4. The van der Waals surface area contributed by atoms with E-state index in [4.69, 9.17) is 4.74 Å². The lowest BCUT2D eigenvalue weighted by Crippen LogP contribution is -2.33. The second-order valence-corrected chi connectivity index (χ2v) is 6.15. The van der Waals surface area contributed by atoms with Crippen LogP contribution in [0, 0.1) is 0 Å². The number of alkyl halides is 3. The summed E-state index contributed by atoms with van der Waals surface area (Å²) < 4.78 is 46.1. The van der Waals surface area contributed by atoms with Crippen molar-refractivity contribution in [1.29, 1.82) is 0 Å². The quantitative estimate of drug-likeness (QED) is 0.832. The van der Waals surface area contributed by atoms with Crippen LogP contribution >= 0.6 is 0 Å². The van der Waals surface area contributed by atoms with Gasteiger partial charge in [-0.05, 0) is 30.5 Å². The fourth-order valence-electron chi connectivity index (χ4n) is 2.64. The first-order valence-electron chi connectivity index (χ1n) is 8.68. The molecule has 0 atom stereocenters. The van der Waals surface area contributed by atoms with Gasteiger partial charge in [-0.15, -0.1) is 13.2 Å². The van der Waals surface area contributed by atoms with Crippen molar-refractivity contribution < 1.29 is 28.9 Å². The van der Waals surface area contributed by atoms with E-state index in [0.29, 0.717) is 24.5 Å². The van der Waals surface area contributed by atoms with Crippen LogP contribution in [0.4, 0.5) is 19.0 Å². The van der Waals surface area contributed by atoms with Gasteiger partial charge in [-0.25, -0.2) is 9.97 Å². The van der Waals surface area contributed by atoms with Crippen LogP contribution in [-0.2, 0) is 11.3 Å². The van der Waals surface area contributed by atoms with Gasteiger partial charge < -0.3 is 19.7 Å². The monoisotopic (exact) mass is 398 g/mol. The lowest BCUT2D eigenvalue weighted by molar-refractivity contribution is -0.274. The van der Waals surface area contributed by atoms with Crippen molar-refractivity contribution in [3.63, 3.8) is 0 Å². The molecule has 1 amide bonds. The number of rotatable bonds is 5. The summed E-state index contributed by atoms with van der Waals surface area (Å²) in [5.74, 6) is -0.151. The second-order valence-electron chi connectivity index (χ2n) is 6.15. The molecule has 0 spiro atoms. The van der Waals surface area contributed by atoms with Crippen LogP contribution in [0.3, 0.4) is 0 Å². The predicted molar refractivity (Wildman–Crippen MR) is 95.7 cm³/mol. The Labute approximate surface area is 161 Å². The number of hydrogen-bond donors (Lipinski definition) is 1. The van der Waals surface area contributed by atoms with Crippen LogP contribution in [0.15, 0.2) is 36.7 Å². The number of aromatic nitrogens is 2. The SMILES string of the molecule is O=C(c1cnc(NCc2cccc(OC(F)(F)F)c2)cn1)N1CCCCOC1.[HH]. The van der Waals surface area contributed by atoms with Gasteiger partial charge in [0.05, 0.1) is 12.4 Å². The Morgan fingerprint density at radius 3 is 2.89 bits per heavy atom. The molecule has 1 fully saturated rings. The molecular formula is C18H21F3N4O3. The van der Waals surface area contributed by atoms with Crippen molar-refractivity contribution >= 4 is 11.7 Å². The summed E-state index contributed by atoms with van der Waals surface area (Å²) in [5.41, 5.74) is 0.780. The Balaban J connectivity index is 0.00000300. The molecule has 0 aliphatic carbocycles. The summed E-state index contributed by atoms with van der Waals surface area (Å²) >= 11 is 0. The molecule has 0 unspecified atom stereocenters. The van der Waals surface area contributed by atoms with E-state index in [1.54, 1.807) is 11.0 Å². The van der Waals surface area contributed by atoms with E-state index in [2.05, 4.69) is 20.0 Å². The van der Waals surface area contributed by atoms with Crippen LogP contribution in [0.25, 0.3) is 0 Å². The number of ether oxygens (including phenoxy) is 2. The molecule has 7 nitrogen and oxygen atoms in total. The molecular weight excluding hydrogens is 377 g/mol. The van der Waals surface area contributed by atoms with Gasteiger partial charge in [0.1, 0.15) is 24.0 Å². The van der Waals surface area contributed by atoms with E-state index in [0.717, 1.165) is 12.8 Å². The number of carbonyl (C=O) groups excluding carboxylic acids is 1. The van der Waals surface area contributed by atoms with Crippen molar-refractivity contribution in [3.05, 3.63) is 47.9 Å². The largest absolute Gasteiger partial charge is 0.573 e. The Bertz CT molecular complexity index is 798. The molecule has 1 aliphatic heterocycles. The third-order valence-corrected chi connectivity index (χ3v) is 3.98. The van der Waals surface area contributed by atoms with Gasteiger partial charge >= 0.3 is 6.36 Å². The third kappa shape index (κ3) is 5.81.